The molecule has 0 amide bonds. The number of benzene rings is 2. The second kappa shape index (κ2) is 12.1. The molecule has 3 aromatic heterocycles. The van der Waals surface area contributed by atoms with Crippen molar-refractivity contribution in [2.24, 2.45) is 0 Å². The number of nitrogens with one attached hydrogen (secondary N) is 2. The van der Waals surface area contributed by atoms with Crippen LogP contribution in [-0.4, -0.2) is 49.2 Å². The van der Waals surface area contributed by atoms with Crippen LogP contribution in [0.3, 0.4) is 0 Å². The summed E-state index contributed by atoms with van der Waals surface area (Å²) in [5, 5.41) is 10.0. The number of piperidine rings is 1. The lowest BCUT2D eigenvalue weighted by atomic mass is 10.1. The van der Waals surface area contributed by atoms with E-state index in [-0.39, 0.29) is 5.56 Å². The molecule has 0 unspecified atom stereocenters. The molecule has 0 atom stereocenters. The third-order valence-corrected chi connectivity index (χ3v) is 6.35. The van der Waals surface area contributed by atoms with Crippen LogP contribution in [0.25, 0.3) is 38.8 Å². The van der Waals surface area contributed by atoms with Crippen LogP contribution >= 0.6 is 12.6 Å². The molecular weight excluding hydrogens is 468 g/mol. The molecule has 0 spiro atoms. The van der Waals surface area contributed by atoms with Crippen molar-refractivity contribution in [3.05, 3.63) is 76.8 Å². The zero-order valence-electron chi connectivity index (χ0n) is 21.2. The molecule has 0 radical (unpaired) electrons. The van der Waals surface area contributed by atoms with E-state index < -0.39 is 0 Å². The summed E-state index contributed by atoms with van der Waals surface area (Å²) in [6, 6.07) is 16.4. The number of fused-ring (bicyclic) bond motifs is 2. The smallest absolute Gasteiger partial charge is 0.257 e. The van der Waals surface area contributed by atoms with Gasteiger partial charge in [-0.15, -0.1) is 5.10 Å². The molecule has 2 aromatic carbocycles. The predicted octanol–water partition coefficient (Wildman–Crippen LogP) is 5.82. The maximum absolute atomic E-state index is 12.8. The summed E-state index contributed by atoms with van der Waals surface area (Å²) in [6.07, 6.45) is 9.07. The van der Waals surface area contributed by atoms with Crippen molar-refractivity contribution in [1.82, 2.24) is 29.9 Å². The Morgan fingerprint density at radius 1 is 0.889 bits per heavy atom. The van der Waals surface area contributed by atoms with Gasteiger partial charge in [0.15, 0.2) is 0 Å². The number of thiol groups is 1. The molecule has 0 bridgehead atoms. The third kappa shape index (κ3) is 5.55. The van der Waals surface area contributed by atoms with Gasteiger partial charge in [0.2, 0.25) is 0 Å². The number of nitrogens with zero attached hydrogens (tertiary/aromatic N) is 4. The first-order valence-electron chi connectivity index (χ1n) is 12.6. The fourth-order valence-corrected chi connectivity index (χ4v) is 4.68. The van der Waals surface area contributed by atoms with Gasteiger partial charge in [-0.3, -0.25) is 9.69 Å². The van der Waals surface area contributed by atoms with Crippen LogP contribution in [0.4, 0.5) is 0 Å². The normalized spacial score (nSPS) is 13.7. The summed E-state index contributed by atoms with van der Waals surface area (Å²) in [5.41, 5.74) is 5.39. The van der Waals surface area contributed by atoms with Crippen LogP contribution in [-0.2, 0) is 6.54 Å². The van der Waals surface area contributed by atoms with Gasteiger partial charge in [0, 0.05) is 28.4 Å². The SMILES string of the molecule is CC.CS.O=c1[nH]c2ccc(-n3ccnn3)cc2cc1-c1cc2cc(CN3CCCCC3)ccc2[nH]1. The van der Waals surface area contributed by atoms with Crippen LogP contribution in [0.5, 0.6) is 0 Å². The molecule has 1 aliphatic rings. The van der Waals surface area contributed by atoms with Crippen LogP contribution in [0.15, 0.2) is 65.7 Å². The molecule has 1 aliphatic heterocycles. The first-order valence-corrected chi connectivity index (χ1v) is 13.5. The minimum absolute atomic E-state index is 0.105. The minimum Gasteiger partial charge on any atom is -0.354 e. The Bertz CT molecular complexity index is 1470. The van der Waals surface area contributed by atoms with Crippen molar-refractivity contribution in [1.29, 1.82) is 0 Å². The summed E-state index contributed by atoms with van der Waals surface area (Å²) in [5.74, 6) is 0. The summed E-state index contributed by atoms with van der Waals surface area (Å²) in [7, 11) is 0. The fourth-order valence-electron chi connectivity index (χ4n) is 4.68. The van der Waals surface area contributed by atoms with E-state index in [1.165, 1.54) is 37.9 Å². The molecule has 0 aliphatic carbocycles. The average molecular weight is 503 g/mol. The molecule has 7 nitrogen and oxygen atoms in total. The number of hydrogen-bond acceptors (Lipinski definition) is 5. The van der Waals surface area contributed by atoms with Crippen molar-refractivity contribution >= 4 is 34.4 Å². The number of likely N-dealkylation sites (tertiary alicyclic amines) is 1. The standard InChI is InChI=1S/C25H24N6O.C2H6.CH4S/c32-25-21(14-19-13-20(5-7-23(19)28-25)31-11-8-26-29-31)24-15-18-12-17(4-6-22(18)27-24)16-30-9-2-1-3-10-30;2*1-2/h4-8,11-15,27H,1-3,9-10,16H2,(H,28,32);1-2H3;2H,1H3. The van der Waals surface area contributed by atoms with E-state index >= 15 is 0 Å². The first-order chi connectivity index (χ1) is 17.7. The van der Waals surface area contributed by atoms with Gasteiger partial charge in [-0.25, -0.2) is 4.68 Å². The van der Waals surface area contributed by atoms with Gasteiger partial charge >= 0.3 is 0 Å². The Morgan fingerprint density at radius 2 is 1.61 bits per heavy atom. The van der Waals surface area contributed by atoms with Gasteiger partial charge < -0.3 is 9.97 Å². The van der Waals surface area contributed by atoms with Gasteiger partial charge in [-0.2, -0.15) is 12.6 Å². The Kier molecular flexibility index (Phi) is 8.61. The minimum atomic E-state index is -0.105. The van der Waals surface area contributed by atoms with Gasteiger partial charge in [-0.1, -0.05) is 31.5 Å². The highest BCUT2D eigenvalue weighted by Gasteiger charge is 2.13. The lowest BCUT2D eigenvalue weighted by Gasteiger charge is -2.26. The first kappa shape index (κ1) is 25.7. The van der Waals surface area contributed by atoms with E-state index in [2.05, 4.69) is 62.1 Å². The van der Waals surface area contributed by atoms with Crippen molar-refractivity contribution in [2.45, 2.75) is 39.7 Å². The topological polar surface area (TPSA) is 82.6 Å². The van der Waals surface area contributed by atoms with Crippen molar-refractivity contribution in [3.63, 3.8) is 0 Å². The van der Waals surface area contributed by atoms with E-state index in [1.54, 1.807) is 23.3 Å². The van der Waals surface area contributed by atoms with Crippen LogP contribution in [0.1, 0.15) is 38.7 Å². The highest BCUT2D eigenvalue weighted by Crippen LogP contribution is 2.26. The molecule has 6 rings (SSSR count). The number of aromatic amines is 2. The summed E-state index contributed by atoms with van der Waals surface area (Å²) in [6.45, 7) is 7.34. The molecule has 1 fully saturated rings. The second-order valence-corrected chi connectivity index (χ2v) is 8.57. The maximum Gasteiger partial charge on any atom is 0.257 e. The summed E-state index contributed by atoms with van der Waals surface area (Å²) < 4.78 is 1.71. The Hall–Kier alpha value is -3.36. The van der Waals surface area contributed by atoms with Crippen molar-refractivity contribution in [2.75, 3.05) is 19.3 Å². The number of rotatable bonds is 4. The number of H-pyrrole nitrogens is 2. The Labute approximate surface area is 216 Å². The lowest BCUT2D eigenvalue weighted by Crippen LogP contribution is -2.28. The molecule has 5 aromatic rings. The third-order valence-electron chi connectivity index (χ3n) is 6.35. The van der Waals surface area contributed by atoms with Crippen LogP contribution in [0, 0.1) is 0 Å². The van der Waals surface area contributed by atoms with Crippen molar-refractivity contribution in [3.8, 4) is 16.9 Å². The van der Waals surface area contributed by atoms with E-state index in [9.17, 15) is 4.79 Å². The number of pyridine rings is 1. The average Bonchev–Trinajstić information content (AvgIpc) is 3.61. The second-order valence-electron chi connectivity index (χ2n) is 8.57. The molecule has 2 N–H and O–H groups in total. The maximum atomic E-state index is 12.8. The fraction of sp³-hybridized carbons (Fsp3) is 0.321. The predicted molar refractivity (Wildman–Crippen MR) is 152 cm³/mol. The van der Waals surface area contributed by atoms with E-state index in [0.29, 0.717) is 5.56 Å². The molecule has 188 valence electrons. The lowest BCUT2D eigenvalue weighted by molar-refractivity contribution is 0.221. The van der Waals surface area contributed by atoms with Crippen LogP contribution < -0.4 is 5.56 Å². The van der Waals surface area contributed by atoms with Gasteiger partial charge in [0.25, 0.3) is 5.56 Å². The van der Waals surface area contributed by atoms with Gasteiger partial charge in [-0.05, 0) is 80.2 Å². The summed E-state index contributed by atoms with van der Waals surface area (Å²) >= 11 is 3.53. The Morgan fingerprint density at radius 3 is 2.36 bits per heavy atom. The zero-order chi connectivity index (χ0) is 25.5. The van der Waals surface area contributed by atoms with E-state index in [0.717, 1.165) is 39.7 Å². The quantitative estimate of drug-likeness (QED) is 0.271. The number of hydrogen-bond donors (Lipinski definition) is 3. The highest BCUT2D eigenvalue weighted by atomic mass is 32.1. The Balaban J connectivity index is 0.000000726. The zero-order valence-corrected chi connectivity index (χ0v) is 22.1. The van der Waals surface area contributed by atoms with E-state index in [1.807, 2.05) is 38.1 Å². The van der Waals surface area contributed by atoms with Gasteiger partial charge in [0.1, 0.15) is 0 Å². The van der Waals surface area contributed by atoms with E-state index in [4.69, 9.17) is 0 Å². The highest BCUT2D eigenvalue weighted by molar-refractivity contribution is 7.79. The number of aromatic nitrogens is 5. The molecule has 0 saturated carbocycles. The molecule has 36 heavy (non-hydrogen) atoms. The molecule has 8 heteroatoms. The molecular formula is C28H34N6OS. The van der Waals surface area contributed by atoms with Crippen molar-refractivity contribution < 1.29 is 0 Å². The largest absolute Gasteiger partial charge is 0.354 e. The van der Waals surface area contributed by atoms with Gasteiger partial charge in [0.05, 0.1) is 29.3 Å². The molecule has 4 heterocycles. The molecule has 1 saturated heterocycles. The summed E-state index contributed by atoms with van der Waals surface area (Å²) in [4.78, 5) is 21.8. The monoisotopic (exact) mass is 502 g/mol. The van der Waals surface area contributed by atoms with Crippen LogP contribution in [0.2, 0.25) is 0 Å².